The molecule has 0 bridgehead atoms. The van der Waals surface area contributed by atoms with Crippen molar-refractivity contribution in [2.24, 2.45) is 5.92 Å². The molecule has 1 saturated heterocycles. The molecule has 2 heterocycles. The molecule has 7 heteroatoms. The number of nitrogens with two attached hydrogens (primary N) is 1. The largest absolute Gasteiger partial charge is 0.497 e. The maximum Gasteiger partial charge on any atom is 0.251 e. The zero-order valence-electron chi connectivity index (χ0n) is 16.5. The van der Waals surface area contributed by atoms with E-state index in [0.29, 0.717) is 35.3 Å². The number of amides is 1. The van der Waals surface area contributed by atoms with Crippen LogP contribution < -0.4 is 20.5 Å². The first-order chi connectivity index (χ1) is 13.6. The van der Waals surface area contributed by atoms with E-state index in [1.807, 2.05) is 12.1 Å². The molecule has 0 spiro atoms. The first kappa shape index (κ1) is 19.9. The molecule has 3 N–H and O–H groups in total. The summed E-state index contributed by atoms with van der Waals surface area (Å²) < 4.78 is 10.5. The number of aromatic nitrogens is 1. The first-order valence-corrected chi connectivity index (χ1v) is 9.52. The molecule has 0 radical (unpaired) electrons. The van der Waals surface area contributed by atoms with E-state index in [0.717, 1.165) is 38.0 Å². The van der Waals surface area contributed by atoms with Crippen molar-refractivity contribution in [3.8, 4) is 11.5 Å². The number of carbonyl (C=O) groups is 1. The number of methoxy groups -OCH3 is 2. The van der Waals surface area contributed by atoms with Crippen LogP contribution in [-0.2, 0) is 6.54 Å². The number of ether oxygens (including phenoxy) is 2. The van der Waals surface area contributed by atoms with Gasteiger partial charge in [0.05, 0.1) is 14.2 Å². The van der Waals surface area contributed by atoms with Crippen LogP contribution in [0.1, 0.15) is 28.8 Å². The smallest absolute Gasteiger partial charge is 0.251 e. The lowest BCUT2D eigenvalue weighted by molar-refractivity contribution is 0.0930. The van der Waals surface area contributed by atoms with Crippen LogP contribution in [0.2, 0.25) is 0 Å². The molecule has 2 aromatic rings. The summed E-state index contributed by atoms with van der Waals surface area (Å²) in [6, 6.07) is 9.12. The van der Waals surface area contributed by atoms with Gasteiger partial charge >= 0.3 is 0 Å². The van der Waals surface area contributed by atoms with Crippen LogP contribution in [0.25, 0.3) is 0 Å². The number of pyridine rings is 1. The fourth-order valence-corrected chi connectivity index (χ4v) is 3.56. The molecule has 1 fully saturated rings. The second-order valence-corrected chi connectivity index (χ2v) is 7.10. The summed E-state index contributed by atoms with van der Waals surface area (Å²) in [5.41, 5.74) is 7.55. The minimum absolute atomic E-state index is 0.120. The number of hydrogen-bond donors (Lipinski definition) is 2. The molecule has 3 rings (SSSR count). The molecular weight excluding hydrogens is 356 g/mol. The zero-order valence-corrected chi connectivity index (χ0v) is 16.5. The average Bonchev–Trinajstić information content (AvgIpc) is 2.73. The van der Waals surface area contributed by atoms with Gasteiger partial charge in [0.15, 0.2) is 0 Å². The molecule has 28 heavy (non-hydrogen) atoms. The maximum absolute atomic E-state index is 12.6. The Labute approximate surface area is 165 Å². The molecule has 0 aliphatic carbocycles. The Morgan fingerprint density at radius 2 is 2.04 bits per heavy atom. The molecule has 150 valence electrons. The van der Waals surface area contributed by atoms with Gasteiger partial charge in [-0.3, -0.25) is 9.69 Å². The fourth-order valence-electron chi connectivity index (χ4n) is 3.56. The molecule has 1 aromatic heterocycles. The summed E-state index contributed by atoms with van der Waals surface area (Å²) in [5.74, 6) is 2.07. The Balaban J connectivity index is 1.55. The van der Waals surface area contributed by atoms with Gasteiger partial charge in [-0.2, -0.15) is 0 Å². The predicted octanol–water partition coefficient (Wildman–Crippen LogP) is 2.32. The zero-order chi connectivity index (χ0) is 19.9. The number of anilines is 1. The minimum Gasteiger partial charge on any atom is -0.497 e. The third kappa shape index (κ3) is 5.13. The van der Waals surface area contributed by atoms with Crippen molar-refractivity contribution in [2.45, 2.75) is 19.4 Å². The lowest BCUT2D eigenvalue weighted by atomic mass is 9.97. The van der Waals surface area contributed by atoms with Crippen molar-refractivity contribution in [3.05, 3.63) is 47.7 Å². The number of nitrogen functional groups attached to an aromatic ring is 1. The van der Waals surface area contributed by atoms with Crippen molar-refractivity contribution >= 4 is 11.7 Å². The average molecular weight is 384 g/mol. The molecule has 7 nitrogen and oxygen atoms in total. The van der Waals surface area contributed by atoms with E-state index in [9.17, 15) is 4.79 Å². The lowest BCUT2D eigenvalue weighted by Gasteiger charge is -2.33. The molecule has 1 aliphatic rings. The molecule has 1 unspecified atom stereocenters. The highest BCUT2D eigenvalue weighted by Gasteiger charge is 2.21. The fraction of sp³-hybridized carbons (Fsp3) is 0.429. The Hall–Kier alpha value is -2.80. The summed E-state index contributed by atoms with van der Waals surface area (Å²) in [5, 5.41) is 3.05. The maximum atomic E-state index is 12.6. The monoisotopic (exact) mass is 384 g/mol. The minimum atomic E-state index is -0.120. The third-order valence-corrected chi connectivity index (χ3v) is 5.09. The van der Waals surface area contributed by atoms with Gasteiger partial charge in [-0.25, -0.2) is 4.98 Å². The van der Waals surface area contributed by atoms with Crippen LogP contribution in [0.3, 0.4) is 0 Å². The van der Waals surface area contributed by atoms with Crippen molar-refractivity contribution in [1.82, 2.24) is 15.2 Å². The van der Waals surface area contributed by atoms with Crippen molar-refractivity contribution in [1.29, 1.82) is 0 Å². The number of hydrogen-bond acceptors (Lipinski definition) is 6. The molecule has 1 aliphatic heterocycles. The standard InChI is InChI=1S/C21H28N4O3/c1-27-18-9-17(10-19(11-18)28-2)21(26)24-12-15-5-4-8-25(13-15)14-16-6-3-7-23-20(16)22/h3,6-7,9-11,15H,4-5,8,12-14H2,1-2H3,(H2,22,23)(H,24,26). The van der Waals surface area contributed by atoms with Gasteiger partial charge in [-0.15, -0.1) is 0 Å². The van der Waals surface area contributed by atoms with Gasteiger partial charge in [-0.1, -0.05) is 6.07 Å². The summed E-state index contributed by atoms with van der Waals surface area (Å²) in [7, 11) is 3.14. The second-order valence-electron chi connectivity index (χ2n) is 7.10. The number of likely N-dealkylation sites (tertiary alicyclic amines) is 1. The molecule has 0 saturated carbocycles. The third-order valence-electron chi connectivity index (χ3n) is 5.09. The van der Waals surface area contributed by atoms with Crippen LogP contribution in [0.15, 0.2) is 36.5 Å². The number of carbonyl (C=O) groups excluding carboxylic acids is 1. The summed E-state index contributed by atoms with van der Waals surface area (Å²) in [6.07, 6.45) is 3.91. The Morgan fingerprint density at radius 3 is 2.71 bits per heavy atom. The number of benzene rings is 1. The van der Waals surface area contributed by atoms with E-state index in [-0.39, 0.29) is 5.91 Å². The molecule has 1 aromatic carbocycles. The Morgan fingerprint density at radius 1 is 1.29 bits per heavy atom. The molecule has 1 atom stereocenters. The van der Waals surface area contributed by atoms with E-state index in [1.54, 1.807) is 38.6 Å². The number of piperidine rings is 1. The van der Waals surface area contributed by atoms with Crippen molar-refractivity contribution in [3.63, 3.8) is 0 Å². The van der Waals surface area contributed by atoms with Crippen molar-refractivity contribution in [2.75, 3.05) is 39.6 Å². The first-order valence-electron chi connectivity index (χ1n) is 9.52. The van der Waals surface area contributed by atoms with Gasteiger partial charge in [0.2, 0.25) is 0 Å². The van der Waals surface area contributed by atoms with Crippen LogP contribution in [-0.4, -0.2) is 49.6 Å². The van der Waals surface area contributed by atoms with Crippen LogP contribution >= 0.6 is 0 Å². The normalized spacial score (nSPS) is 17.1. The van der Waals surface area contributed by atoms with Gasteiger partial charge in [0.1, 0.15) is 17.3 Å². The molecular formula is C21H28N4O3. The topological polar surface area (TPSA) is 89.7 Å². The second kappa shape index (κ2) is 9.41. The SMILES string of the molecule is COc1cc(OC)cc(C(=O)NCC2CCCN(Cc3cccnc3N)C2)c1. The van der Waals surface area contributed by atoms with Crippen LogP contribution in [0.4, 0.5) is 5.82 Å². The summed E-state index contributed by atoms with van der Waals surface area (Å²) >= 11 is 0. The number of nitrogens with zero attached hydrogens (tertiary/aromatic N) is 2. The van der Waals surface area contributed by atoms with E-state index < -0.39 is 0 Å². The van der Waals surface area contributed by atoms with Crippen LogP contribution in [0, 0.1) is 5.92 Å². The summed E-state index contributed by atoms with van der Waals surface area (Å²) in [4.78, 5) is 19.1. The Bertz CT molecular complexity index is 790. The van der Waals surface area contributed by atoms with Gasteiger partial charge in [-0.05, 0) is 43.5 Å². The predicted molar refractivity (Wildman–Crippen MR) is 109 cm³/mol. The summed E-state index contributed by atoms with van der Waals surface area (Å²) in [6.45, 7) is 3.39. The van der Waals surface area contributed by atoms with E-state index in [1.165, 1.54) is 0 Å². The lowest BCUT2D eigenvalue weighted by Crippen LogP contribution is -2.40. The quantitative estimate of drug-likeness (QED) is 0.762. The van der Waals surface area contributed by atoms with Gasteiger partial charge in [0, 0.05) is 43.0 Å². The number of rotatable bonds is 7. The highest BCUT2D eigenvalue weighted by Crippen LogP contribution is 2.23. The van der Waals surface area contributed by atoms with Crippen molar-refractivity contribution < 1.29 is 14.3 Å². The van der Waals surface area contributed by atoms with E-state index in [4.69, 9.17) is 15.2 Å². The number of nitrogens with one attached hydrogen (secondary N) is 1. The highest BCUT2D eigenvalue weighted by atomic mass is 16.5. The van der Waals surface area contributed by atoms with Gasteiger partial charge < -0.3 is 20.5 Å². The van der Waals surface area contributed by atoms with Crippen LogP contribution in [0.5, 0.6) is 11.5 Å². The molecule has 1 amide bonds. The Kier molecular flexibility index (Phi) is 6.71. The van der Waals surface area contributed by atoms with Gasteiger partial charge in [0.25, 0.3) is 5.91 Å². The van der Waals surface area contributed by atoms with E-state index >= 15 is 0 Å². The highest BCUT2D eigenvalue weighted by molar-refractivity contribution is 5.95. The van der Waals surface area contributed by atoms with E-state index in [2.05, 4.69) is 15.2 Å².